The van der Waals surface area contributed by atoms with Gasteiger partial charge in [-0.3, -0.25) is 9.89 Å². The molecule has 2 heterocycles. The van der Waals surface area contributed by atoms with E-state index in [1.165, 1.54) is 6.07 Å². The highest BCUT2D eigenvalue weighted by atomic mass is 32.2. The van der Waals surface area contributed by atoms with Gasteiger partial charge in [-0.1, -0.05) is 42.1 Å². The number of H-pyrrole nitrogens is 1. The van der Waals surface area contributed by atoms with Crippen molar-refractivity contribution in [3.8, 4) is 0 Å². The third kappa shape index (κ3) is 6.26. The van der Waals surface area contributed by atoms with Gasteiger partial charge in [-0.15, -0.1) is 5.10 Å². The van der Waals surface area contributed by atoms with Crippen LogP contribution in [-0.2, 0) is 22.1 Å². The number of rotatable bonds is 7. The average molecular weight is 478 g/mol. The summed E-state index contributed by atoms with van der Waals surface area (Å²) in [6, 6.07) is 13.1. The van der Waals surface area contributed by atoms with Crippen molar-refractivity contribution in [1.29, 1.82) is 0 Å². The highest BCUT2D eigenvalue weighted by molar-refractivity contribution is 7.99. The van der Waals surface area contributed by atoms with Crippen molar-refractivity contribution >= 4 is 29.0 Å². The number of morpholine rings is 1. The van der Waals surface area contributed by atoms with Gasteiger partial charge < -0.3 is 15.0 Å². The maximum Gasteiger partial charge on any atom is 0.416 e. The van der Waals surface area contributed by atoms with Crippen LogP contribution in [-0.4, -0.2) is 53.1 Å². The predicted molar refractivity (Wildman–Crippen MR) is 119 cm³/mol. The molecular weight excluding hydrogens is 455 g/mol. The van der Waals surface area contributed by atoms with Crippen LogP contribution in [0.5, 0.6) is 0 Å². The highest BCUT2D eigenvalue weighted by Gasteiger charge is 2.32. The van der Waals surface area contributed by atoms with E-state index >= 15 is 0 Å². The van der Waals surface area contributed by atoms with Crippen LogP contribution in [0.15, 0.2) is 53.7 Å². The monoisotopic (exact) mass is 477 g/mol. The summed E-state index contributed by atoms with van der Waals surface area (Å²) in [6.07, 6.45) is -3.93. The fourth-order valence-electron chi connectivity index (χ4n) is 3.42. The van der Waals surface area contributed by atoms with Gasteiger partial charge >= 0.3 is 6.18 Å². The summed E-state index contributed by atoms with van der Waals surface area (Å²) in [7, 11) is 0. The van der Waals surface area contributed by atoms with E-state index in [1.807, 2.05) is 35.2 Å². The van der Waals surface area contributed by atoms with Crippen molar-refractivity contribution in [3.63, 3.8) is 0 Å². The minimum Gasteiger partial charge on any atom is -0.378 e. The molecule has 2 aromatic carbocycles. The fourth-order valence-corrected chi connectivity index (χ4v) is 4.04. The number of amides is 1. The number of halogens is 3. The third-order valence-corrected chi connectivity index (χ3v) is 5.86. The van der Waals surface area contributed by atoms with E-state index in [1.54, 1.807) is 0 Å². The molecule has 1 amide bonds. The number of nitrogens with zero attached hydrogens (tertiary/aromatic N) is 3. The molecule has 4 rings (SSSR count). The summed E-state index contributed by atoms with van der Waals surface area (Å²) < 4.78 is 45.0. The van der Waals surface area contributed by atoms with Crippen molar-refractivity contribution in [2.45, 2.75) is 17.8 Å². The van der Waals surface area contributed by atoms with Crippen molar-refractivity contribution in [2.75, 3.05) is 42.3 Å². The van der Waals surface area contributed by atoms with Crippen LogP contribution in [0.1, 0.15) is 17.0 Å². The SMILES string of the molecule is O=C(CSc1n[nH]c(Cc2ccccc2)n1)Nc1cc(C(F)(F)F)ccc1N1CCOCC1. The fraction of sp³-hybridized carbons (Fsp3) is 0.318. The van der Waals surface area contributed by atoms with Gasteiger partial charge in [0, 0.05) is 19.5 Å². The van der Waals surface area contributed by atoms with Gasteiger partial charge in [-0.2, -0.15) is 13.2 Å². The number of thioether (sulfide) groups is 1. The minimum absolute atomic E-state index is 0.0403. The Morgan fingerprint density at radius 3 is 2.64 bits per heavy atom. The standard InChI is InChI=1S/C22H22F3N5O2S/c23-22(24,25)16-6-7-18(30-8-10-32-11-9-30)17(13-16)26-20(31)14-33-21-27-19(28-29-21)12-15-4-2-1-3-5-15/h1-7,13H,8-12,14H2,(H,26,31)(H,27,28,29). The van der Waals surface area contributed by atoms with Crippen LogP contribution in [0.3, 0.4) is 0 Å². The Balaban J connectivity index is 1.41. The van der Waals surface area contributed by atoms with Crippen molar-refractivity contribution in [3.05, 3.63) is 65.5 Å². The molecule has 1 aromatic heterocycles. The van der Waals surface area contributed by atoms with Crippen LogP contribution in [0.2, 0.25) is 0 Å². The van der Waals surface area contributed by atoms with Gasteiger partial charge in [-0.05, 0) is 23.8 Å². The number of hydrogen-bond acceptors (Lipinski definition) is 6. The molecule has 0 aliphatic carbocycles. The Hall–Kier alpha value is -3.05. The lowest BCUT2D eigenvalue weighted by molar-refractivity contribution is -0.137. The van der Waals surface area contributed by atoms with E-state index in [4.69, 9.17) is 4.74 Å². The topological polar surface area (TPSA) is 83.1 Å². The van der Waals surface area contributed by atoms with Crippen LogP contribution >= 0.6 is 11.8 Å². The molecule has 0 bridgehead atoms. The maximum atomic E-state index is 13.2. The molecule has 33 heavy (non-hydrogen) atoms. The Morgan fingerprint density at radius 2 is 1.91 bits per heavy atom. The summed E-state index contributed by atoms with van der Waals surface area (Å²) >= 11 is 1.11. The third-order valence-electron chi connectivity index (χ3n) is 5.01. The van der Waals surface area contributed by atoms with E-state index in [9.17, 15) is 18.0 Å². The second-order valence-electron chi connectivity index (χ2n) is 7.39. The molecule has 1 aliphatic heterocycles. The van der Waals surface area contributed by atoms with Gasteiger partial charge in [0.25, 0.3) is 0 Å². The van der Waals surface area contributed by atoms with E-state index in [0.717, 1.165) is 29.5 Å². The number of carbonyl (C=O) groups excluding carboxylic acids is 1. The van der Waals surface area contributed by atoms with Crippen molar-refractivity contribution in [1.82, 2.24) is 15.2 Å². The zero-order chi connectivity index (χ0) is 23.3. The van der Waals surface area contributed by atoms with Gasteiger partial charge in [0.1, 0.15) is 5.82 Å². The number of aromatic amines is 1. The lowest BCUT2D eigenvalue weighted by Gasteiger charge is -2.31. The van der Waals surface area contributed by atoms with E-state index < -0.39 is 17.6 Å². The number of carbonyl (C=O) groups is 1. The number of alkyl halides is 3. The highest BCUT2D eigenvalue weighted by Crippen LogP contribution is 2.36. The second kappa shape index (κ2) is 10.3. The Morgan fingerprint density at radius 1 is 1.15 bits per heavy atom. The van der Waals surface area contributed by atoms with Gasteiger partial charge in [0.15, 0.2) is 0 Å². The quantitative estimate of drug-likeness (QED) is 0.501. The molecule has 11 heteroatoms. The van der Waals surface area contributed by atoms with Crippen LogP contribution in [0, 0.1) is 0 Å². The molecule has 0 radical (unpaired) electrons. The molecule has 174 valence electrons. The van der Waals surface area contributed by atoms with E-state index in [-0.39, 0.29) is 11.4 Å². The summed E-state index contributed by atoms with van der Waals surface area (Å²) in [5.41, 5.74) is 0.912. The summed E-state index contributed by atoms with van der Waals surface area (Å²) in [5.74, 6) is 0.182. The number of hydrogen-bond donors (Lipinski definition) is 2. The molecule has 1 saturated heterocycles. The zero-order valence-electron chi connectivity index (χ0n) is 17.6. The first-order chi connectivity index (χ1) is 15.9. The summed E-state index contributed by atoms with van der Waals surface area (Å²) in [5, 5.41) is 9.98. The Kier molecular flexibility index (Phi) is 7.19. The van der Waals surface area contributed by atoms with Crippen LogP contribution in [0.25, 0.3) is 0 Å². The van der Waals surface area contributed by atoms with E-state index in [0.29, 0.717) is 49.4 Å². The Bertz CT molecular complexity index is 1090. The van der Waals surface area contributed by atoms with Gasteiger partial charge in [0.2, 0.25) is 11.1 Å². The lowest BCUT2D eigenvalue weighted by Crippen LogP contribution is -2.37. The number of anilines is 2. The summed E-state index contributed by atoms with van der Waals surface area (Å²) in [4.78, 5) is 18.8. The predicted octanol–water partition coefficient (Wildman–Crippen LogP) is 3.98. The number of nitrogens with one attached hydrogen (secondary N) is 2. The van der Waals surface area contributed by atoms with Crippen LogP contribution in [0.4, 0.5) is 24.5 Å². The molecule has 3 aromatic rings. The molecule has 1 aliphatic rings. The molecular formula is C22H22F3N5O2S. The smallest absolute Gasteiger partial charge is 0.378 e. The molecule has 0 atom stereocenters. The number of aromatic nitrogens is 3. The minimum atomic E-state index is -4.51. The molecule has 7 nitrogen and oxygen atoms in total. The van der Waals surface area contributed by atoms with E-state index in [2.05, 4.69) is 20.5 Å². The van der Waals surface area contributed by atoms with Crippen molar-refractivity contribution in [2.24, 2.45) is 0 Å². The van der Waals surface area contributed by atoms with Crippen LogP contribution < -0.4 is 10.2 Å². The largest absolute Gasteiger partial charge is 0.416 e. The van der Waals surface area contributed by atoms with Gasteiger partial charge in [0.05, 0.1) is 35.9 Å². The molecule has 0 saturated carbocycles. The maximum absolute atomic E-state index is 13.2. The Labute approximate surface area is 192 Å². The normalized spacial score (nSPS) is 14.3. The summed E-state index contributed by atoms with van der Waals surface area (Å²) in [6.45, 7) is 2.01. The number of ether oxygens (including phenoxy) is 1. The zero-order valence-corrected chi connectivity index (χ0v) is 18.4. The molecule has 0 spiro atoms. The first kappa shape index (κ1) is 23.1. The lowest BCUT2D eigenvalue weighted by atomic mass is 10.1. The molecule has 0 unspecified atom stereocenters. The second-order valence-corrected chi connectivity index (χ2v) is 8.34. The van der Waals surface area contributed by atoms with Crippen molar-refractivity contribution < 1.29 is 22.7 Å². The first-order valence-electron chi connectivity index (χ1n) is 10.3. The van der Waals surface area contributed by atoms with Gasteiger partial charge in [-0.25, -0.2) is 4.98 Å². The molecule has 1 fully saturated rings. The first-order valence-corrected chi connectivity index (χ1v) is 11.3. The molecule has 2 N–H and O–H groups in total. The average Bonchev–Trinajstić information content (AvgIpc) is 3.25. The number of benzene rings is 2.